The lowest BCUT2D eigenvalue weighted by atomic mass is 9.96. The fourth-order valence-corrected chi connectivity index (χ4v) is 4.64. The lowest BCUT2D eigenvalue weighted by Crippen LogP contribution is -2.34. The van der Waals surface area contributed by atoms with E-state index in [9.17, 15) is 9.59 Å². The fourth-order valence-electron chi connectivity index (χ4n) is 4.64. The smallest absolute Gasteiger partial charge is 0.260 e. The highest BCUT2D eigenvalue weighted by Gasteiger charge is 2.25. The number of hydrogen-bond acceptors (Lipinski definition) is 5. The number of carbonyl (C=O) groups excluding carboxylic acids is 2. The van der Waals surface area contributed by atoms with Crippen molar-refractivity contribution in [1.29, 1.82) is 0 Å². The van der Waals surface area contributed by atoms with Gasteiger partial charge in [0.25, 0.3) is 5.91 Å². The maximum absolute atomic E-state index is 13.6. The summed E-state index contributed by atoms with van der Waals surface area (Å²) >= 11 is 0. The Morgan fingerprint density at radius 2 is 1.72 bits per heavy atom. The minimum atomic E-state index is -0.213. The second kappa shape index (κ2) is 10.3. The summed E-state index contributed by atoms with van der Waals surface area (Å²) in [4.78, 5) is 27.6. The second-order valence-electron chi connectivity index (χ2n) is 8.79. The molecule has 0 saturated carbocycles. The van der Waals surface area contributed by atoms with Crippen molar-refractivity contribution >= 4 is 22.7 Å². The molecule has 0 spiro atoms. The van der Waals surface area contributed by atoms with Gasteiger partial charge in [0.05, 0.1) is 6.61 Å². The molecule has 0 unspecified atom stereocenters. The molecule has 2 heterocycles. The average molecular weight is 484 g/mol. The number of hydrogen-bond donors (Lipinski definition) is 0. The van der Waals surface area contributed by atoms with Crippen molar-refractivity contribution < 1.29 is 23.5 Å². The standard InChI is InChI=1S/C30H29NO5/c1-3-31(4-2)27(32)19-35-23-14-12-21(13-15-23)29(33)30-28(20-9-6-5-7-10-20)24-17-22-11-8-16-34-25(22)18-26(24)36-30/h5-7,9-10,12-15,17-18H,3-4,8,11,16,19H2,1-2H3. The van der Waals surface area contributed by atoms with Gasteiger partial charge < -0.3 is 18.8 Å². The molecule has 1 aliphatic rings. The Morgan fingerprint density at radius 1 is 0.972 bits per heavy atom. The summed E-state index contributed by atoms with van der Waals surface area (Å²) in [5.41, 5.74) is 3.95. The Morgan fingerprint density at radius 3 is 2.44 bits per heavy atom. The van der Waals surface area contributed by atoms with Gasteiger partial charge in [-0.15, -0.1) is 0 Å². The summed E-state index contributed by atoms with van der Waals surface area (Å²) < 4.78 is 17.7. The minimum Gasteiger partial charge on any atom is -0.493 e. The molecule has 36 heavy (non-hydrogen) atoms. The first-order chi connectivity index (χ1) is 17.6. The zero-order chi connectivity index (χ0) is 25.1. The number of likely N-dealkylation sites (N-methyl/N-ethyl adjacent to an activating group) is 1. The molecule has 0 N–H and O–H groups in total. The molecule has 1 amide bonds. The molecule has 4 aromatic rings. The van der Waals surface area contributed by atoms with Crippen LogP contribution in [0.4, 0.5) is 0 Å². The zero-order valence-corrected chi connectivity index (χ0v) is 20.6. The molecule has 1 aliphatic heterocycles. The number of furan rings is 1. The van der Waals surface area contributed by atoms with Crippen molar-refractivity contribution in [3.05, 3.63) is 83.6 Å². The van der Waals surface area contributed by atoms with Gasteiger partial charge in [-0.2, -0.15) is 0 Å². The number of ketones is 1. The molecule has 0 fully saturated rings. The van der Waals surface area contributed by atoms with Crippen LogP contribution in [-0.4, -0.2) is 42.9 Å². The third-order valence-corrected chi connectivity index (χ3v) is 6.58. The van der Waals surface area contributed by atoms with Crippen molar-refractivity contribution in [2.45, 2.75) is 26.7 Å². The molecule has 184 valence electrons. The number of benzene rings is 3. The van der Waals surface area contributed by atoms with Gasteiger partial charge in [0.2, 0.25) is 5.78 Å². The van der Waals surface area contributed by atoms with Crippen LogP contribution in [0.3, 0.4) is 0 Å². The molecule has 0 atom stereocenters. The maximum Gasteiger partial charge on any atom is 0.260 e. The largest absolute Gasteiger partial charge is 0.493 e. The van der Waals surface area contributed by atoms with E-state index in [0.717, 1.165) is 40.7 Å². The van der Waals surface area contributed by atoms with Crippen LogP contribution in [0.2, 0.25) is 0 Å². The van der Waals surface area contributed by atoms with Crippen molar-refractivity contribution in [2.24, 2.45) is 0 Å². The van der Waals surface area contributed by atoms with Gasteiger partial charge >= 0.3 is 0 Å². The van der Waals surface area contributed by atoms with Gasteiger partial charge in [0.15, 0.2) is 12.4 Å². The Labute approximate surface area is 210 Å². The number of rotatable bonds is 8. The van der Waals surface area contributed by atoms with Gasteiger partial charge in [-0.25, -0.2) is 0 Å². The SMILES string of the molecule is CCN(CC)C(=O)COc1ccc(C(=O)c2oc3cc4c(cc3c2-c2ccccc2)CCCO4)cc1. The molecule has 0 saturated heterocycles. The maximum atomic E-state index is 13.6. The van der Waals surface area contributed by atoms with E-state index in [1.165, 1.54) is 0 Å². The summed E-state index contributed by atoms with van der Waals surface area (Å²) in [6, 6.07) is 20.7. The van der Waals surface area contributed by atoms with Crippen LogP contribution in [0.25, 0.3) is 22.1 Å². The lowest BCUT2D eigenvalue weighted by Gasteiger charge is -2.18. The van der Waals surface area contributed by atoms with Crippen molar-refractivity contribution in [3.8, 4) is 22.6 Å². The first-order valence-corrected chi connectivity index (χ1v) is 12.4. The van der Waals surface area contributed by atoms with Crippen molar-refractivity contribution in [3.63, 3.8) is 0 Å². The van der Waals surface area contributed by atoms with E-state index in [2.05, 4.69) is 6.07 Å². The summed E-state index contributed by atoms with van der Waals surface area (Å²) in [6.45, 7) is 5.80. The summed E-state index contributed by atoms with van der Waals surface area (Å²) in [5, 5.41) is 0.906. The van der Waals surface area contributed by atoms with E-state index in [0.29, 0.717) is 42.4 Å². The molecule has 0 radical (unpaired) electrons. The van der Waals surface area contributed by atoms with Crippen molar-refractivity contribution in [2.75, 3.05) is 26.3 Å². The van der Waals surface area contributed by atoms with Gasteiger partial charge in [0.1, 0.15) is 17.1 Å². The predicted octanol–water partition coefficient (Wildman–Crippen LogP) is 5.90. The number of aryl methyl sites for hydroxylation is 1. The normalized spacial score (nSPS) is 12.6. The van der Waals surface area contributed by atoms with Crippen LogP contribution in [-0.2, 0) is 11.2 Å². The lowest BCUT2D eigenvalue weighted by molar-refractivity contribution is -0.132. The third kappa shape index (κ3) is 4.59. The number of fused-ring (bicyclic) bond motifs is 2. The molecule has 1 aromatic heterocycles. The van der Waals surface area contributed by atoms with Gasteiger partial charge in [-0.1, -0.05) is 30.3 Å². The minimum absolute atomic E-state index is 0.0383. The Bertz CT molecular complexity index is 1380. The molecule has 3 aromatic carbocycles. The highest BCUT2D eigenvalue weighted by Crippen LogP contribution is 2.40. The van der Waals surface area contributed by atoms with E-state index in [-0.39, 0.29) is 18.3 Å². The quantitative estimate of drug-likeness (QED) is 0.292. The van der Waals surface area contributed by atoms with Gasteiger partial charge in [-0.05, 0) is 68.1 Å². The van der Waals surface area contributed by atoms with Crippen LogP contribution >= 0.6 is 0 Å². The molecular formula is C30H29NO5. The van der Waals surface area contributed by atoms with Crippen LogP contribution in [0.5, 0.6) is 11.5 Å². The van der Waals surface area contributed by atoms with Crippen LogP contribution in [0.15, 0.2) is 71.1 Å². The number of nitrogens with zero attached hydrogens (tertiary/aromatic N) is 1. The Kier molecular flexibility index (Phi) is 6.76. The first kappa shape index (κ1) is 23.7. The second-order valence-corrected chi connectivity index (χ2v) is 8.79. The van der Waals surface area contributed by atoms with E-state index in [4.69, 9.17) is 13.9 Å². The summed E-state index contributed by atoms with van der Waals surface area (Å²) in [6.07, 6.45) is 1.91. The van der Waals surface area contributed by atoms with E-state index < -0.39 is 0 Å². The van der Waals surface area contributed by atoms with E-state index >= 15 is 0 Å². The summed E-state index contributed by atoms with van der Waals surface area (Å²) in [5.74, 6) is 1.37. The van der Waals surface area contributed by atoms with Gasteiger partial charge in [0, 0.05) is 35.7 Å². The monoisotopic (exact) mass is 483 g/mol. The van der Waals surface area contributed by atoms with Gasteiger partial charge in [-0.3, -0.25) is 9.59 Å². The molecular weight excluding hydrogens is 454 g/mol. The number of ether oxygens (including phenoxy) is 2. The molecule has 5 rings (SSSR count). The third-order valence-electron chi connectivity index (χ3n) is 6.58. The average Bonchev–Trinajstić information content (AvgIpc) is 3.30. The molecule has 0 aliphatic carbocycles. The predicted molar refractivity (Wildman–Crippen MR) is 139 cm³/mol. The molecule has 6 heteroatoms. The fraction of sp³-hybridized carbons (Fsp3) is 0.267. The Hall–Kier alpha value is -4.06. The van der Waals surface area contributed by atoms with E-state index in [1.54, 1.807) is 29.2 Å². The molecule has 6 nitrogen and oxygen atoms in total. The highest BCUT2D eigenvalue weighted by molar-refractivity contribution is 6.16. The van der Waals surface area contributed by atoms with Crippen molar-refractivity contribution in [1.82, 2.24) is 4.90 Å². The topological polar surface area (TPSA) is 69.0 Å². The molecule has 0 bridgehead atoms. The highest BCUT2D eigenvalue weighted by atomic mass is 16.5. The summed E-state index contributed by atoms with van der Waals surface area (Å²) in [7, 11) is 0. The van der Waals surface area contributed by atoms with Crippen LogP contribution in [0, 0.1) is 0 Å². The van der Waals surface area contributed by atoms with Crippen LogP contribution < -0.4 is 9.47 Å². The number of carbonyl (C=O) groups is 2. The number of amides is 1. The zero-order valence-electron chi connectivity index (χ0n) is 20.6. The Balaban J connectivity index is 1.46. The first-order valence-electron chi connectivity index (χ1n) is 12.4. The van der Waals surface area contributed by atoms with E-state index in [1.807, 2.05) is 50.2 Å². The van der Waals surface area contributed by atoms with Crippen LogP contribution in [0.1, 0.15) is 41.9 Å².